The highest BCUT2D eigenvalue weighted by atomic mass is 35.5. The number of aromatic amines is 1. The fourth-order valence-corrected chi connectivity index (χ4v) is 4.25. The second kappa shape index (κ2) is 6.91. The Hall–Kier alpha value is -2.08. The van der Waals surface area contributed by atoms with Crippen LogP contribution in [0.15, 0.2) is 30.5 Å². The molecule has 138 valence electrons. The molecular weight excluding hydrogens is 355 g/mol. The first kappa shape index (κ1) is 17.3. The van der Waals surface area contributed by atoms with Gasteiger partial charge < -0.3 is 10.2 Å². The summed E-state index contributed by atoms with van der Waals surface area (Å²) in [5, 5.41) is 10.5. The van der Waals surface area contributed by atoms with Crippen molar-refractivity contribution in [3.8, 4) is 0 Å². The number of benzene rings is 1. The zero-order valence-corrected chi connectivity index (χ0v) is 15.2. The minimum atomic E-state index is -0.336. The number of aromatic nitrogens is 2. The summed E-state index contributed by atoms with van der Waals surface area (Å²) >= 11 is 6.22. The molecule has 1 aliphatic carbocycles. The molecule has 1 saturated carbocycles. The average Bonchev–Trinajstić information content (AvgIpc) is 3.21. The molecule has 7 heteroatoms. The quantitative estimate of drug-likeness (QED) is 0.852. The Kier molecular flexibility index (Phi) is 4.61. The number of hydrogen-bond acceptors (Lipinski definition) is 2. The van der Waals surface area contributed by atoms with Gasteiger partial charge in [-0.15, -0.1) is 0 Å². The van der Waals surface area contributed by atoms with Gasteiger partial charge in [-0.1, -0.05) is 17.7 Å². The zero-order chi connectivity index (χ0) is 18.1. The van der Waals surface area contributed by atoms with Gasteiger partial charge in [0.1, 0.15) is 5.82 Å². The molecule has 4 rings (SSSR count). The lowest BCUT2D eigenvalue weighted by atomic mass is 9.94. The third-order valence-electron chi connectivity index (χ3n) is 5.60. The van der Waals surface area contributed by atoms with Gasteiger partial charge in [0, 0.05) is 47.9 Å². The molecule has 2 aliphatic rings. The topological polar surface area (TPSA) is 61.0 Å². The van der Waals surface area contributed by atoms with Crippen molar-refractivity contribution in [3.05, 3.63) is 52.6 Å². The van der Waals surface area contributed by atoms with Crippen molar-refractivity contribution < 1.29 is 9.18 Å². The third kappa shape index (κ3) is 3.43. The minimum Gasteiger partial charge on any atom is -0.337 e. The van der Waals surface area contributed by atoms with Gasteiger partial charge in [-0.3, -0.25) is 5.10 Å². The van der Waals surface area contributed by atoms with E-state index in [4.69, 9.17) is 11.6 Å². The van der Waals surface area contributed by atoms with E-state index in [0.29, 0.717) is 24.0 Å². The molecule has 1 aliphatic heterocycles. The monoisotopic (exact) mass is 376 g/mol. The Balaban J connectivity index is 1.38. The molecule has 2 fully saturated rings. The van der Waals surface area contributed by atoms with Crippen LogP contribution in [0.4, 0.5) is 9.18 Å². The number of amides is 2. The number of carbonyl (C=O) groups is 1. The van der Waals surface area contributed by atoms with Crippen molar-refractivity contribution in [2.75, 3.05) is 19.6 Å². The van der Waals surface area contributed by atoms with Crippen molar-refractivity contribution in [2.45, 2.75) is 37.0 Å². The van der Waals surface area contributed by atoms with E-state index < -0.39 is 0 Å². The number of nitrogens with one attached hydrogen (secondary N) is 2. The molecular formula is C19H22ClFN4O. The molecule has 2 aromatic rings. The van der Waals surface area contributed by atoms with Crippen LogP contribution in [0.2, 0.25) is 5.02 Å². The van der Waals surface area contributed by atoms with Gasteiger partial charge in [0.05, 0.1) is 0 Å². The maximum absolute atomic E-state index is 13.3. The van der Waals surface area contributed by atoms with Gasteiger partial charge in [0.2, 0.25) is 0 Å². The fourth-order valence-electron chi connectivity index (χ4n) is 3.88. The molecule has 5 nitrogen and oxygen atoms in total. The summed E-state index contributed by atoms with van der Waals surface area (Å²) in [7, 11) is 0. The Morgan fingerprint density at radius 3 is 2.96 bits per heavy atom. The van der Waals surface area contributed by atoms with Crippen LogP contribution in [-0.2, 0) is 5.41 Å². The van der Waals surface area contributed by atoms with Gasteiger partial charge in [-0.05, 0) is 49.4 Å². The van der Waals surface area contributed by atoms with Crippen molar-refractivity contribution in [1.29, 1.82) is 0 Å². The van der Waals surface area contributed by atoms with E-state index in [0.717, 1.165) is 43.5 Å². The highest BCUT2D eigenvalue weighted by Gasteiger charge is 2.46. The second-order valence-electron chi connectivity index (χ2n) is 7.36. The normalized spacial score (nSPS) is 21.5. The summed E-state index contributed by atoms with van der Waals surface area (Å²) < 4.78 is 13.3. The van der Waals surface area contributed by atoms with Crippen molar-refractivity contribution in [1.82, 2.24) is 20.4 Å². The van der Waals surface area contributed by atoms with Gasteiger partial charge in [-0.2, -0.15) is 5.10 Å². The molecule has 0 spiro atoms. The Labute approximate surface area is 156 Å². The molecule has 2 amide bonds. The number of urea groups is 1. The number of nitrogens with zero attached hydrogens (tertiary/aromatic N) is 2. The number of piperidine rings is 1. The van der Waals surface area contributed by atoms with Gasteiger partial charge in [-0.25, -0.2) is 9.18 Å². The first-order valence-electron chi connectivity index (χ1n) is 9.05. The van der Waals surface area contributed by atoms with Crippen LogP contribution in [0.5, 0.6) is 0 Å². The lowest BCUT2D eigenvalue weighted by molar-refractivity contribution is 0.178. The molecule has 0 bridgehead atoms. The summed E-state index contributed by atoms with van der Waals surface area (Å²) in [6.07, 6.45) is 5.69. The molecule has 26 heavy (non-hydrogen) atoms. The predicted molar refractivity (Wildman–Crippen MR) is 97.9 cm³/mol. The Morgan fingerprint density at radius 2 is 2.27 bits per heavy atom. The van der Waals surface area contributed by atoms with Crippen LogP contribution in [0.3, 0.4) is 0 Å². The molecule has 2 N–H and O–H groups in total. The molecule has 1 saturated heterocycles. The van der Waals surface area contributed by atoms with Gasteiger partial charge in [0.25, 0.3) is 0 Å². The highest BCUT2D eigenvalue weighted by Crippen LogP contribution is 2.50. The van der Waals surface area contributed by atoms with Crippen LogP contribution < -0.4 is 5.32 Å². The first-order chi connectivity index (χ1) is 12.6. The second-order valence-corrected chi connectivity index (χ2v) is 7.77. The van der Waals surface area contributed by atoms with Crippen molar-refractivity contribution in [3.63, 3.8) is 0 Å². The SMILES string of the molecule is O=C(NCC1(c2ccc(F)cc2Cl)CC1)N1CCCC(c2ccn[nH]2)C1. The molecule has 1 aromatic heterocycles. The number of rotatable bonds is 4. The first-order valence-corrected chi connectivity index (χ1v) is 9.43. The van der Waals surface area contributed by atoms with E-state index in [9.17, 15) is 9.18 Å². The lowest BCUT2D eigenvalue weighted by Crippen LogP contribution is -2.46. The van der Waals surface area contributed by atoms with E-state index in [-0.39, 0.29) is 17.3 Å². The number of carbonyl (C=O) groups excluding carboxylic acids is 1. The van der Waals surface area contributed by atoms with Gasteiger partial charge in [0.15, 0.2) is 0 Å². The maximum Gasteiger partial charge on any atom is 0.317 e. The molecule has 1 unspecified atom stereocenters. The standard InChI is InChI=1S/C19H22ClFN4O/c20-16-10-14(21)3-4-15(16)19(6-7-19)12-22-18(26)25-9-1-2-13(11-25)17-5-8-23-24-17/h3-5,8,10,13H,1-2,6-7,9,11-12H2,(H,22,26)(H,23,24). The maximum atomic E-state index is 13.3. The van der Waals surface area contributed by atoms with Crippen LogP contribution in [0, 0.1) is 5.82 Å². The number of likely N-dealkylation sites (tertiary alicyclic amines) is 1. The summed E-state index contributed by atoms with van der Waals surface area (Å²) in [5.41, 5.74) is 1.85. The van der Waals surface area contributed by atoms with Crippen molar-refractivity contribution >= 4 is 17.6 Å². The largest absolute Gasteiger partial charge is 0.337 e. The lowest BCUT2D eigenvalue weighted by Gasteiger charge is -2.32. The van der Waals surface area contributed by atoms with Crippen molar-refractivity contribution in [2.24, 2.45) is 0 Å². The third-order valence-corrected chi connectivity index (χ3v) is 5.92. The minimum absolute atomic E-state index is 0.0428. The molecule has 1 atom stereocenters. The van der Waals surface area contributed by atoms with E-state index in [2.05, 4.69) is 15.5 Å². The number of halogens is 2. The summed E-state index contributed by atoms with van der Waals surface area (Å²) in [6.45, 7) is 1.99. The number of H-pyrrole nitrogens is 1. The van der Waals surface area contributed by atoms with Crippen LogP contribution in [-0.4, -0.2) is 40.8 Å². The van der Waals surface area contributed by atoms with E-state index in [1.54, 1.807) is 12.3 Å². The molecule has 1 aromatic carbocycles. The van der Waals surface area contributed by atoms with Crippen LogP contribution in [0.25, 0.3) is 0 Å². The van der Waals surface area contributed by atoms with E-state index >= 15 is 0 Å². The predicted octanol–water partition coefficient (Wildman–Crippen LogP) is 3.82. The van der Waals surface area contributed by atoms with Gasteiger partial charge >= 0.3 is 6.03 Å². The van der Waals surface area contributed by atoms with Crippen LogP contribution in [0.1, 0.15) is 42.9 Å². The highest BCUT2D eigenvalue weighted by molar-refractivity contribution is 6.31. The summed E-state index contributed by atoms with van der Waals surface area (Å²) in [5.74, 6) is -0.0322. The Morgan fingerprint density at radius 1 is 1.42 bits per heavy atom. The number of hydrogen-bond donors (Lipinski definition) is 2. The van der Waals surface area contributed by atoms with E-state index in [1.807, 2.05) is 11.0 Å². The molecule has 2 heterocycles. The van der Waals surface area contributed by atoms with Crippen LogP contribution >= 0.6 is 11.6 Å². The summed E-state index contributed by atoms with van der Waals surface area (Å²) in [6, 6.07) is 6.45. The smallest absolute Gasteiger partial charge is 0.317 e. The van der Waals surface area contributed by atoms with E-state index in [1.165, 1.54) is 12.1 Å². The Bertz CT molecular complexity index is 791. The average molecular weight is 377 g/mol. The molecule has 0 radical (unpaired) electrons. The zero-order valence-electron chi connectivity index (χ0n) is 14.5. The fraction of sp³-hybridized carbons (Fsp3) is 0.474. The summed E-state index contributed by atoms with van der Waals surface area (Å²) in [4.78, 5) is 14.5.